The molecule has 0 amide bonds. The number of hydrogen-bond donors (Lipinski definition) is 0. The second-order valence-corrected chi connectivity index (χ2v) is 3.70. The number of benzene rings is 2. The summed E-state index contributed by atoms with van der Waals surface area (Å²) >= 11 is 0. The van der Waals surface area contributed by atoms with E-state index in [1.54, 1.807) is 0 Å². The van der Waals surface area contributed by atoms with Gasteiger partial charge in [-0.2, -0.15) is 0 Å². The van der Waals surface area contributed by atoms with Gasteiger partial charge < -0.3 is 0 Å². The van der Waals surface area contributed by atoms with E-state index in [1.165, 1.54) is 22.3 Å². The lowest BCUT2D eigenvalue weighted by Crippen LogP contribution is -1.95. The second kappa shape index (κ2) is 3.69. The van der Waals surface area contributed by atoms with Crippen LogP contribution in [0.1, 0.15) is 5.56 Å². The van der Waals surface area contributed by atoms with Gasteiger partial charge in [0.2, 0.25) is 0 Å². The SMILES string of the molecule is [CH]1[CH][CH][C](c2cccc3ccccc23)[CH]1. The lowest BCUT2D eigenvalue weighted by Gasteiger charge is -2.11. The van der Waals surface area contributed by atoms with Crippen LogP contribution < -0.4 is 0 Å². The Hall–Kier alpha value is -1.30. The molecule has 0 aromatic heterocycles. The van der Waals surface area contributed by atoms with Gasteiger partial charge in [0, 0.05) is 5.92 Å². The molecule has 0 saturated heterocycles. The molecular weight excluding hydrogens is 180 g/mol. The standard InChI is InChI=1S/C15H11/c1-2-7-12(6-1)15-11-5-9-13-8-3-4-10-14(13)15/h1-11H. The molecule has 71 valence electrons. The summed E-state index contributed by atoms with van der Waals surface area (Å²) in [6.07, 6.45) is 8.47. The monoisotopic (exact) mass is 191 g/mol. The van der Waals surface area contributed by atoms with Gasteiger partial charge in [-0.25, -0.2) is 0 Å². The molecule has 0 aliphatic heterocycles. The first-order valence-corrected chi connectivity index (χ1v) is 5.15. The summed E-state index contributed by atoms with van der Waals surface area (Å²) in [5.74, 6) is 1.30. The second-order valence-electron chi connectivity index (χ2n) is 3.70. The molecule has 0 atom stereocenters. The molecule has 1 saturated carbocycles. The highest BCUT2D eigenvalue weighted by atomic mass is 14.2. The van der Waals surface area contributed by atoms with E-state index in [9.17, 15) is 0 Å². The van der Waals surface area contributed by atoms with Gasteiger partial charge in [-0.3, -0.25) is 0 Å². The summed E-state index contributed by atoms with van der Waals surface area (Å²) in [4.78, 5) is 0. The van der Waals surface area contributed by atoms with Crippen LogP contribution in [0.15, 0.2) is 42.5 Å². The molecule has 5 radical (unpaired) electrons. The fourth-order valence-electron chi connectivity index (χ4n) is 2.03. The highest BCUT2D eigenvalue weighted by molar-refractivity contribution is 5.88. The molecule has 1 aliphatic carbocycles. The van der Waals surface area contributed by atoms with E-state index in [0.717, 1.165) is 0 Å². The van der Waals surface area contributed by atoms with Crippen molar-refractivity contribution in [2.75, 3.05) is 0 Å². The maximum Gasteiger partial charge on any atom is 0.0130 e. The lowest BCUT2D eigenvalue weighted by atomic mass is 9.92. The average Bonchev–Trinajstić information content (AvgIpc) is 2.82. The van der Waals surface area contributed by atoms with Gasteiger partial charge in [0.15, 0.2) is 0 Å². The van der Waals surface area contributed by atoms with Crippen LogP contribution in [0.5, 0.6) is 0 Å². The van der Waals surface area contributed by atoms with Crippen molar-refractivity contribution in [3.05, 3.63) is 79.6 Å². The van der Waals surface area contributed by atoms with Crippen LogP contribution in [0, 0.1) is 31.6 Å². The first kappa shape index (κ1) is 8.96. The normalized spacial score (nSPS) is 17.3. The molecular formula is C15H11. The summed E-state index contributed by atoms with van der Waals surface area (Å²) in [6, 6.07) is 15.0. The molecule has 2 aromatic carbocycles. The number of rotatable bonds is 1. The van der Waals surface area contributed by atoms with Crippen molar-refractivity contribution in [1.82, 2.24) is 0 Å². The minimum Gasteiger partial charge on any atom is -0.0616 e. The van der Waals surface area contributed by atoms with Crippen molar-refractivity contribution >= 4 is 10.8 Å². The molecule has 0 N–H and O–H groups in total. The van der Waals surface area contributed by atoms with Gasteiger partial charge in [0.05, 0.1) is 0 Å². The van der Waals surface area contributed by atoms with Crippen molar-refractivity contribution in [1.29, 1.82) is 0 Å². The Kier molecular flexibility index (Phi) is 2.21. The van der Waals surface area contributed by atoms with Gasteiger partial charge in [-0.15, -0.1) is 0 Å². The fourth-order valence-corrected chi connectivity index (χ4v) is 2.03. The third-order valence-corrected chi connectivity index (χ3v) is 2.76. The summed E-state index contributed by atoms with van der Waals surface area (Å²) in [5.41, 5.74) is 1.32. The van der Waals surface area contributed by atoms with Gasteiger partial charge in [0.1, 0.15) is 0 Å². The molecule has 0 heteroatoms. The minimum atomic E-state index is 1.30. The predicted molar refractivity (Wildman–Crippen MR) is 63.5 cm³/mol. The van der Waals surface area contributed by atoms with Crippen molar-refractivity contribution in [2.24, 2.45) is 0 Å². The Labute approximate surface area is 90.9 Å². The van der Waals surface area contributed by atoms with Crippen molar-refractivity contribution < 1.29 is 0 Å². The van der Waals surface area contributed by atoms with Crippen LogP contribution in [0.2, 0.25) is 0 Å². The van der Waals surface area contributed by atoms with E-state index in [-0.39, 0.29) is 0 Å². The molecule has 1 fully saturated rings. The van der Waals surface area contributed by atoms with E-state index in [2.05, 4.69) is 68.1 Å². The summed E-state index contributed by atoms with van der Waals surface area (Å²) in [6.45, 7) is 0. The zero-order valence-electron chi connectivity index (χ0n) is 8.35. The van der Waals surface area contributed by atoms with Gasteiger partial charge in [-0.1, -0.05) is 42.5 Å². The van der Waals surface area contributed by atoms with Gasteiger partial charge in [-0.05, 0) is 42.0 Å². The zero-order valence-corrected chi connectivity index (χ0v) is 8.35. The van der Waals surface area contributed by atoms with Crippen molar-refractivity contribution in [2.45, 2.75) is 0 Å². The van der Waals surface area contributed by atoms with E-state index < -0.39 is 0 Å². The van der Waals surface area contributed by atoms with Crippen LogP contribution in [0.4, 0.5) is 0 Å². The van der Waals surface area contributed by atoms with Gasteiger partial charge in [0.25, 0.3) is 0 Å². The highest BCUT2D eigenvalue weighted by Gasteiger charge is 2.20. The molecule has 0 heterocycles. The van der Waals surface area contributed by atoms with Crippen molar-refractivity contribution in [3.63, 3.8) is 0 Å². The predicted octanol–water partition coefficient (Wildman–Crippen LogP) is 3.59. The Bertz CT molecular complexity index is 459. The topological polar surface area (TPSA) is 0 Å². The van der Waals surface area contributed by atoms with Gasteiger partial charge >= 0.3 is 0 Å². The molecule has 2 aromatic rings. The molecule has 0 nitrogen and oxygen atoms in total. The molecule has 3 rings (SSSR count). The first-order chi connectivity index (χ1) is 7.45. The molecule has 0 unspecified atom stereocenters. The number of fused-ring (bicyclic) bond motifs is 1. The van der Waals surface area contributed by atoms with E-state index in [1.807, 2.05) is 0 Å². The molecule has 15 heavy (non-hydrogen) atoms. The van der Waals surface area contributed by atoms with Crippen LogP contribution >= 0.6 is 0 Å². The highest BCUT2D eigenvalue weighted by Crippen LogP contribution is 2.34. The third-order valence-electron chi connectivity index (χ3n) is 2.76. The Morgan fingerprint density at radius 3 is 2.27 bits per heavy atom. The quantitative estimate of drug-likeness (QED) is 0.646. The fraction of sp³-hybridized carbons (Fsp3) is 0. The van der Waals surface area contributed by atoms with Crippen LogP contribution in [0.25, 0.3) is 10.8 Å². The smallest absolute Gasteiger partial charge is 0.0130 e. The maximum absolute atomic E-state index is 2.18. The van der Waals surface area contributed by atoms with Crippen LogP contribution in [-0.2, 0) is 0 Å². The average molecular weight is 191 g/mol. The number of hydrogen-bond acceptors (Lipinski definition) is 0. The Morgan fingerprint density at radius 1 is 0.667 bits per heavy atom. The third kappa shape index (κ3) is 1.54. The summed E-state index contributed by atoms with van der Waals surface area (Å²) in [7, 11) is 0. The Balaban J connectivity index is 2.16. The molecule has 0 bridgehead atoms. The largest absolute Gasteiger partial charge is 0.0616 e. The zero-order chi connectivity index (χ0) is 10.1. The van der Waals surface area contributed by atoms with Crippen LogP contribution in [-0.4, -0.2) is 0 Å². The van der Waals surface area contributed by atoms with Crippen LogP contribution in [0.3, 0.4) is 0 Å². The lowest BCUT2D eigenvalue weighted by molar-refractivity contribution is 1.31. The summed E-state index contributed by atoms with van der Waals surface area (Å²) < 4.78 is 0. The molecule has 1 aliphatic rings. The van der Waals surface area contributed by atoms with E-state index in [0.29, 0.717) is 0 Å². The molecule has 0 spiro atoms. The summed E-state index contributed by atoms with van der Waals surface area (Å²) in [5, 5.41) is 2.63. The minimum absolute atomic E-state index is 1.30. The first-order valence-electron chi connectivity index (χ1n) is 5.15. The maximum atomic E-state index is 2.18. The Morgan fingerprint density at radius 2 is 1.40 bits per heavy atom. The van der Waals surface area contributed by atoms with E-state index in [4.69, 9.17) is 0 Å². The van der Waals surface area contributed by atoms with E-state index >= 15 is 0 Å². The van der Waals surface area contributed by atoms with Crippen molar-refractivity contribution in [3.8, 4) is 0 Å².